The van der Waals surface area contributed by atoms with Crippen LogP contribution >= 0.6 is 11.3 Å². The second-order valence-electron chi connectivity index (χ2n) is 4.26. The van der Waals surface area contributed by atoms with Crippen LogP contribution < -0.4 is 0 Å². The number of nitrogens with zero attached hydrogens (tertiary/aromatic N) is 5. The Morgan fingerprint density at radius 3 is 2.95 bits per heavy atom. The maximum absolute atomic E-state index is 5.32. The van der Waals surface area contributed by atoms with Gasteiger partial charge in [0.2, 0.25) is 4.96 Å². The van der Waals surface area contributed by atoms with Gasteiger partial charge in [0, 0.05) is 18.0 Å². The van der Waals surface area contributed by atoms with Crippen LogP contribution in [0.25, 0.3) is 26.9 Å². The summed E-state index contributed by atoms with van der Waals surface area (Å²) in [4.78, 5) is 4.85. The summed E-state index contributed by atoms with van der Waals surface area (Å²) in [6.45, 7) is 1.92. The second-order valence-corrected chi connectivity index (χ2v) is 5.21. The van der Waals surface area contributed by atoms with Crippen molar-refractivity contribution in [1.82, 2.24) is 24.8 Å². The molecule has 4 heterocycles. The summed E-state index contributed by atoms with van der Waals surface area (Å²) < 4.78 is 7.06. The highest BCUT2D eigenvalue weighted by molar-refractivity contribution is 7.19. The number of furan rings is 1. The fraction of sp³-hybridized carbons (Fsp3) is 0.0769. The summed E-state index contributed by atoms with van der Waals surface area (Å²) in [6.07, 6.45) is 5.14. The molecule has 0 unspecified atom stereocenters. The third kappa shape index (κ3) is 1.64. The van der Waals surface area contributed by atoms with E-state index in [9.17, 15) is 0 Å². The molecule has 0 aromatic carbocycles. The van der Waals surface area contributed by atoms with Crippen molar-refractivity contribution < 1.29 is 4.42 Å². The van der Waals surface area contributed by atoms with Crippen molar-refractivity contribution in [2.24, 2.45) is 0 Å². The Labute approximate surface area is 117 Å². The van der Waals surface area contributed by atoms with Gasteiger partial charge in [-0.25, -0.2) is 0 Å². The normalized spacial score (nSPS) is 11.2. The van der Waals surface area contributed by atoms with Crippen LogP contribution in [0.3, 0.4) is 0 Å². The lowest BCUT2D eigenvalue weighted by atomic mass is 10.3. The first-order chi connectivity index (χ1) is 9.83. The quantitative estimate of drug-likeness (QED) is 0.566. The van der Waals surface area contributed by atoms with Crippen LogP contribution in [0.4, 0.5) is 0 Å². The number of aryl methyl sites for hydroxylation is 1. The highest BCUT2D eigenvalue weighted by atomic mass is 32.1. The highest BCUT2D eigenvalue weighted by Crippen LogP contribution is 2.30. The number of fused-ring (bicyclic) bond motifs is 1. The lowest BCUT2D eigenvalue weighted by Gasteiger charge is -1.95. The van der Waals surface area contributed by atoms with E-state index in [1.54, 1.807) is 23.2 Å². The second kappa shape index (κ2) is 4.24. The largest absolute Gasteiger partial charge is 0.469 e. The van der Waals surface area contributed by atoms with Gasteiger partial charge in [0.05, 0.1) is 11.8 Å². The van der Waals surface area contributed by atoms with E-state index in [1.807, 2.05) is 25.1 Å². The van der Waals surface area contributed by atoms with Crippen LogP contribution in [0.5, 0.6) is 0 Å². The van der Waals surface area contributed by atoms with Crippen molar-refractivity contribution >= 4 is 16.3 Å². The molecule has 0 aliphatic rings. The van der Waals surface area contributed by atoms with Gasteiger partial charge in [-0.1, -0.05) is 11.3 Å². The number of hydrogen-bond donors (Lipinski definition) is 0. The van der Waals surface area contributed by atoms with Crippen molar-refractivity contribution in [3.8, 4) is 22.0 Å². The highest BCUT2D eigenvalue weighted by Gasteiger charge is 2.16. The van der Waals surface area contributed by atoms with E-state index in [1.165, 1.54) is 11.3 Å². The average molecular weight is 283 g/mol. The van der Waals surface area contributed by atoms with Crippen LogP contribution in [0.1, 0.15) is 5.76 Å². The molecule has 0 aliphatic heterocycles. The molecule has 0 atom stereocenters. The van der Waals surface area contributed by atoms with E-state index in [-0.39, 0.29) is 0 Å². The monoisotopic (exact) mass is 283 g/mol. The number of rotatable bonds is 2. The molecule has 0 saturated heterocycles. The summed E-state index contributed by atoms with van der Waals surface area (Å²) in [5.74, 6) is 1.54. The van der Waals surface area contributed by atoms with Crippen molar-refractivity contribution in [2.45, 2.75) is 6.92 Å². The minimum absolute atomic E-state index is 0.691. The Bertz CT molecular complexity index is 877. The number of aromatic nitrogens is 5. The first kappa shape index (κ1) is 11.3. The molecule has 98 valence electrons. The minimum Gasteiger partial charge on any atom is -0.469 e. The van der Waals surface area contributed by atoms with Crippen LogP contribution in [0.2, 0.25) is 0 Å². The third-order valence-corrected chi connectivity index (χ3v) is 3.93. The molecule has 0 amide bonds. The molecule has 0 saturated carbocycles. The first-order valence-electron chi connectivity index (χ1n) is 6.00. The molecule has 20 heavy (non-hydrogen) atoms. The van der Waals surface area contributed by atoms with Gasteiger partial charge in [-0.15, -0.1) is 10.2 Å². The summed E-state index contributed by atoms with van der Waals surface area (Å²) in [5.41, 5.74) is 1.87. The molecule has 0 bridgehead atoms. The molecule has 6 nitrogen and oxygen atoms in total. The van der Waals surface area contributed by atoms with Gasteiger partial charge >= 0.3 is 0 Å². The standard InChI is InChI=1S/C13H9N5OS/c1-8-10(4-6-19-8)12-17-18-11(15-16-13(18)20-12)9-3-2-5-14-7-9/h2-7H,1H3. The van der Waals surface area contributed by atoms with E-state index in [4.69, 9.17) is 4.42 Å². The lowest BCUT2D eigenvalue weighted by molar-refractivity contribution is 0.535. The van der Waals surface area contributed by atoms with Crippen molar-refractivity contribution in [2.75, 3.05) is 0 Å². The molecular weight excluding hydrogens is 274 g/mol. The van der Waals surface area contributed by atoms with Crippen molar-refractivity contribution in [3.63, 3.8) is 0 Å². The van der Waals surface area contributed by atoms with Gasteiger partial charge in [0.25, 0.3) is 0 Å². The summed E-state index contributed by atoms with van der Waals surface area (Å²) >= 11 is 1.48. The molecule has 4 aromatic heterocycles. The first-order valence-corrected chi connectivity index (χ1v) is 6.82. The number of hydrogen-bond acceptors (Lipinski definition) is 6. The van der Waals surface area contributed by atoms with E-state index < -0.39 is 0 Å². The van der Waals surface area contributed by atoms with E-state index in [2.05, 4.69) is 20.3 Å². The molecule has 0 radical (unpaired) electrons. The predicted octanol–water partition coefficient (Wildman–Crippen LogP) is 2.82. The Morgan fingerprint density at radius 2 is 2.20 bits per heavy atom. The van der Waals surface area contributed by atoms with Crippen LogP contribution in [0.15, 0.2) is 41.3 Å². The fourth-order valence-electron chi connectivity index (χ4n) is 2.01. The molecule has 4 rings (SSSR count). The Morgan fingerprint density at radius 1 is 1.25 bits per heavy atom. The van der Waals surface area contributed by atoms with Gasteiger partial charge in [-0.3, -0.25) is 4.98 Å². The Kier molecular flexibility index (Phi) is 2.40. The zero-order valence-corrected chi connectivity index (χ0v) is 11.3. The smallest absolute Gasteiger partial charge is 0.235 e. The zero-order valence-electron chi connectivity index (χ0n) is 10.5. The van der Waals surface area contributed by atoms with Crippen molar-refractivity contribution in [1.29, 1.82) is 0 Å². The molecule has 0 spiro atoms. The van der Waals surface area contributed by atoms with Crippen LogP contribution in [0, 0.1) is 6.92 Å². The van der Waals surface area contributed by atoms with Gasteiger partial charge in [-0.05, 0) is 25.1 Å². The lowest BCUT2D eigenvalue weighted by Crippen LogP contribution is -1.91. The molecule has 4 aromatic rings. The SMILES string of the molecule is Cc1occc1-c1nn2c(-c3cccnc3)nnc2s1. The van der Waals surface area contributed by atoms with E-state index in [0.717, 1.165) is 26.9 Å². The summed E-state index contributed by atoms with van der Waals surface area (Å²) in [6, 6.07) is 5.71. The van der Waals surface area contributed by atoms with Crippen LogP contribution in [-0.4, -0.2) is 24.8 Å². The van der Waals surface area contributed by atoms with Gasteiger partial charge in [0.1, 0.15) is 5.76 Å². The molecule has 0 fully saturated rings. The molecule has 0 aliphatic carbocycles. The van der Waals surface area contributed by atoms with Crippen molar-refractivity contribution in [3.05, 3.63) is 42.6 Å². The van der Waals surface area contributed by atoms with E-state index >= 15 is 0 Å². The Hall–Kier alpha value is -2.54. The molecular formula is C13H9N5OS. The maximum atomic E-state index is 5.32. The zero-order chi connectivity index (χ0) is 13.5. The fourth-order valence-corrected chi connectivity index (χ4v) is 2.92. The van der Waals surface area contributed by atoms with Crippen LogP contribution in [-0.2, 0) is 0 Å². The summed E-state index contributed by atoms with van der Waals surface area (Å²) in [5, 5.41) is 13.8. The summed E-state index contributed by atoms with van der Waals surface area (Å²) in [7, 11) is 0. The topological polar surface area (TPSA) is 69.1 Å². The molecule has 0 N–H and O–H groups in total. The number of pyridine rings is 1. The van der Waals surface area contributed by atoms with Gasteiger partial charge in [0.15, 0.2) is 10.8 Å². The predicted molar refractivity (Wildman–Crippen MR) is 74.3 cm³/mol. The van der Waals surface area contributed by atoms with E-state index in [0.29, 0.717) is 5.82 Å². The average Bonchev–Trinajstić information content (AvgIpc) is 3.13. The van der Waals surface area contributed by atoms with Gasteiger partial charge in [-0.2, -0.15) is 9.61 Å². The maximum Gasteiger partial charge on any atom is 0.235 e. The Balaban J connectivity index is 1.90. The third-order valence-electron chi connectivity index (χ3n) is 3.00. The van der Waals surface area contributed by atoms with Gasteiger partial charge < -0.3 is 4.42 Å². The molecule has 7 heteroatoms. The minimum atomic E-state index is 0.691.